The van der Waals surface area contributed by atoms with E-state index >= 15 is 0 Å². The summed E-state index contributed by atoms with van der Waals surface area (Å²) >= 11 is 0. The zero-order chi connectivity index (χ0) is 15.5. The summed E-state index contributed by atoms with van der Waals surface area (Å²) in [5, 5.41) is 0. The molecule has 2 aliphatic rings. The minimum Gasteiger partial charge on any atom is -0.497 e. The van der Waals surface area contributed by atoms with Crippen molar-refractivity contribution in [3.8, 4) is 5.75 Å². The van der Waals surface area contributed by atoms with Gasteiger partial charge in [-0.15, -0.1) is 0 Å². The number of amides is 1. The van der Waals surface area contributed by atoms with Crippen molar-refractivity contribution in [1.29, 1.82) is 0 Å². The minimum absolute atomic E-state index is 0.161. The molecule has 0 N–H and O–H groups in total. The second kappa shape index (κ2) is 6.69. The van der Waals surface area contributed by atoms with Crippen LogP contribution in [0.25, 0.3) is 0 Å². The number of ether oxygens (including phenoxy) is 2. The summed E-state index contributed by atoms with van der Waals surface area (Å²) < 4.78 is 10.9. The smallest absolute Gasteiger partial charge is 0.226 e. The number of methoxy groups -OCH3 is 1. The van der Waals surface area contributed by atoms with Crippen LogP contribution in [0, 0.1) is 5.92 Å². The molecule has 0 radical (unpaired) electrons. The van der Waals surface area contributed by atoms with Gasteiger partial charge < -0.3 is 14.4 Å². The molecule has 1 aliphatic heterocycles. The number of carbonyl (C=O) groups excluding carboxylic acids is 1. The van der Waals surface area contributed by atoms with Crippen molar-refractivity contribution in [3.05, 3.63) is 29.8 Å². The highest BCUT2D eigenvalue weighted by molar-refractivity contribution is 5.83. The third-order valence-electron chi connectivity index (χ3n) is 4.74. The number of piperidine rings is 1. The molecule has 1 heterocycles. The molecule has 0 aromatic heterocycles. The first-order valence-electron chi connectivity index (χ1n) is 8.27. The molecular weight excluding hydrogens is 278 g/mol. The topological polar surface area (TPSA) is 38.8 Å². The van der Waals surface area contributed by atoms with E-state index in [1.807, 2.05) is 24.0 Å². The maximum Gasteiger partial charge on any atom is 0.226 e. The van der Waals surface area contributed by atoms with Crippen LogP contribution in [0.4, 0.5) is 0 Å². The van der Waals surface area contributed by atoms with Gasteiger partial charge in [0.1, 0.15) is 5.75 Å². The summed E-state index contributed by atoms with van der Waals surface area (Å²) in [6.45, 7) is 4.39. The number of benzene rings is 1. The molecule has 4 heteroatoms. The van der Waals surface area contributed by atoms with Crippen LogP contribution in [-0.2, 0) is 9.53 Å². The number of likely N-dealkylation sites (tertiary alicyclic amines) is 1. The summed E-state index contributed by atoms with van der Waals surface area (Å²) in [7, 11) is 1.67. The number of hydrogen-bond donors (Lipinski definition) is 0. The van der Waals surface area contributed by atoms with E-state index in [0.717, 1.165) is 44.7 Å². The molecule has 1 saturated heterocycles. The van der Waals surface area contributed by atoms with E-state index in [-0.39, 0.29) is 12.0 Å². The second-order valence-corrected chi connectivity index (χ2v) is 6.23. The van der Waals surface area contributed by atoms with Gasteiger partial charge in [0.2, 0.25) is 5.91 Å². The van der Waals surface area contributed by atoms with Gasteiger partial charge >= 0.3 is 0 Å². The molecule has 120 valence electrons. The van der Waals surface area contributed by atoms with Crippen LogP contribution in [0.1, 0.15) is 37.7 Å². The van der Waals surface area contributed by atoms with E-state index in [2.05, 4.69) is 12.1 Å². The highest BCUT2D eigenvalue weighted by Crippen LogP contribution is 2.48. The number of hydrogen-bond acceptors (Lipinski definition) is 3. The largest absolute Gasteiger partial charge is 0.497 e. The van der Waals surface area contributed by atoms with Gasteiger partial charge in [0, 0.05) is 25.6 Å². The lowest BCUT2D eigenvalue weighted by Gasteiger charge is -2.32. The maximum atomic E-state index is 12.7. The Morgan fingerprint density at radius 1 is 1.32 bits per heavy atom. The normalized spacial score (nSPS) is 27.5. The molecule has 0 spiro atoms. The molecule has 2 fully saturated rings. The highest BCUT2D eigenvalue weighted by atomic mass is 16.5. The average Bonchev–Trinajstić information content (AvgIpc) is 3.35. The number of carbonyl (C=O) groups is 1. The Balaban J connectivity index is 1.57. The van der Waals surface area contributed by atoms with Crippen LogP contribution in [0.15, 0.2) is 24.3 Å². The fourth-order valence-electron chi connectivity index (χ4n) is 3.43. The summed E-state index contributed by atoms with van der Waals surface area (Å²) in [6, 6.07) is 8.11. The lowest BCUT2D eigenvalue weighted by molar-refractivity contribution is -0.136. The SMILES string of the molecule is CCOC1CCCN(C(=O)[C@@H]2C[C@H]2c2ccc(OC)cc2)C1. The molecule has 1 unspecified atom stereocenters. The van der Waals surface area contributed by atoms with Crippen LogP contribution in [0.5, 0.6) is 5.75 Å². The molecule has 3 atom stereocenters. The van der Waals surface area contributed by atoms with Gasteiger partial charge in [0.25, 0.3) is 0 Å². The predicted octanol–water partition coefficient (Wildman–Crippen LogP) is 2.83. The van der Waals surface area contributed by atoms with Crippen molar-refractivity contribution < 1.29 is 14.3 Å². The molecule has 1 aromatic carbocycles. The third-order valence-corrected chi connectivity index (χ3v) is 4.74. The Hall–Kier alpha value is -1.55. The molecule has 1 saturated carbocycles. The first-order valence-corrected chi connectivity index (χ1v) is 8.27. The first kappa shape index (κ1) is 15.3. The number of nitrogens with zero attached hydrogens (tertiary/aromatic N) is 1. The van der Waals surface area contributed by atoms with Crippen LogP contribution in [-0.4, -0.2) is 43.7 Å². The van der Waals surface area contributed by atoms with Gasteiger partial charge in [-0.3, -0.25) is 4.79 Å². The molecule has 0 bridgehead atoms. The average molecular weight is 303 g/mol. The molecule has 1 amide bonds. The van der Waals surface area contributed by atoms with Crippen molar-refractivity contribution in [3.63, 3.8) is 0 Å². The van der Waals surface area contributed by atoms with Gasteiger partial charge in [-0.05, 0) is 49.8 Å². The van der Waals surface area contributed by atoms with E-state index in [0.29, 0.717) is 11.8 Å². The molecule has 22 heavy (non-hydrogen) atoms. The van der Waals surface area contributed by atoms with Crippen molar-refractivity contribution in [2.45, 2.75) is 38.2 Å². The zero-order valence-corrected chi connectivity index (χ0v) is 13.5. The molecular formula is C18H25NO3. The van der Waals surface area contributed by atoms with Crippen molar-refractivity contribution >= 4 is 5.91 Å². The molecule has 4 nitrogen and oxygen atoms in total. The molecule has 3 rings (SSSR count). The summed E-state index contributed by atoms with van der Waals surface area (Å²) in [5.41, 5.74) is 1.25. The Labute approximate surface area is 132 Å². The first-order chi connectivity index (χ1) is 10.7. The van der Waals surface area contributed by atoms with Gasteiger partial charge in [-0.25, -0.2) is 0 Å². The fraction of sp³-hybridized carbons (Fsp3) is 0.611. The minimum atomic E-state index is 0.161. The van der Waals surface area contributed by atoms with Crippen molar-refractivity contribution in [2.24, 2.45) is 5.92 Å². The van der Waals surface area contributed by atoms with Gasteiger partial charge in [-0.2, -0.15) is 0 Å². The lowest BCUT2D eigenvalue weighted by atomic mass is 10.1. The summed E-state index contributed by atoms with van der Waals surface area (Å²) in [6.07, 6.45) is 3.32. The van der Waals surface area contributed by atoms with E-state index < -0.39 is 0 Å². The van der Waals surface area contributed by atoms with Gasteiger partial charge in [0.15, 0.2) is 0 Å². The quantitative estimate of drug-likeness (QED) is 0.839. The van der Waals surface area contributed by atoms with Crippen molar-refractivity contribution in [1.82, 2.24) is 4.90 Å². The van der Waals surface area contributed by atoms with E-state index in [9.17, 15) is 4.79 Å². The highest BCUT2D eigenvalue weighted by Gasteiger charge is 2.46. The lowest BCUT2D eigenvalue weighted by Crippen LogP contribution is -2.44. The fourth-order valence-corrected chi connectivity index (χ4v) is 3.43. The molecule has 1 aliphatic carbocycles. The van der Waals surface area contributed by atoms with Crippen LogP contribution < -0.4 is 4.74 Å². The number of rotatable bonds is 5. The summed E-state index contributed by atoms with van der Waals surface area (Å²) in [4.78, 5) is 14.7. The van der Waals surface area contributed by atoms with E-state index in [1.165, 1.54) is 5.56 Å². The Kier molecular flexibility index (Phi) is 4.67. The Bertz CT molecular complexity index is 512. The van der Waals surface area contributed by atoms with Crippen LogP contribution in [0.3, 0.4) is 0 Å². The van der Waals surface area contributed by atoms with Crippen LogP contribution in [0.2, 0.25) is 0 Å². The van der Waals surface area contributed by atoms with E-state index in [1.54, 1.807) is 7.11 Å². The van der Waals surface area contributed by atoms with E-state index in [4.69, 9.17) is 9.47 Å². The predicted molar refractivity (Wildman–Crippen MR) is 85.1 cm³/mol. The standard InChI is InChI=1S/C18H25NO3/c1-3-22-15-5-4-10-19(12-15)18(20)17-11-16(17)13-6-8-14(21-2)9-7-13/h6-9,15-17H,3-5,10-12H2,1-2H3/t15?,16-,17+/m0/s1. The molecule has 1 aromatic rings. The second-order valence-electron chi connectivity index (χ2n) is 6.23. The Morgan fingerprint density at radius 3 is 2.77 bits per heavy atom. The zero-order valence-electron chi connectivity index (χ0n) is 13.5. The summed E-state index contributed by atoms with van der Waals surface area (Å²) in [5.74, 6) is 1.72. The van der Waals surface area contributed by atoms with Crippen LogP contribution >= 0.6 is 0 Å². The van der Waals surface area contributed by atoms with Gasteiger partial charge in [-0.1, -0.05) is 12.1 Å². The third kappa shape index (κ3) is 3.27. The Morgan fingerprint density at radius 2 is 2.09 bits per heavy atom. The van der Waals surface area contributed by atoms with Gasteiger partial charge in [0.05, 0.1) is 13.2 Å². The maximum absolute atomic E-state index is 12.7. The van der Waals surface area contributed by atoms with Crippen molar-refractivity contribution in [2.75, 3.05) is 26.8 Å². The monoisotopic (exact) mass is 303 g/mol.